The molecule has 2 amide bonds. The normalized spacial score (nSPS) is 14.5. The molecule has 1 aliphatic rings. The number of aromatic nitrogens is 3. The summed E-state index contributed by atoms with van der Waals surface area (Å²) in [7, 11) is 0. The molecule has 0 aliphatic carbocycles. The Balaban J connectivity index is 1.37. The van der Waals surface area contributed by atoms with Crippen molar-refractivity contribution in [3.63, 3.8) is 0 Å². The number of phenols is 1. The van der Waals surface area contributed by atoms with Gasteiger partial charge in [-0.15, -0.1) is 0 Å². The zero-order valence-electron chi connectivity index (χ0n) is 20.3. The molecule has 0 bridgehead atoms. The molecule has 1 aliphatic heterocycles. The minimum Gasteiger partial charge on any atom is -0.506 e. The maximum atomic E-state index is 13.5. The molecule has 5 rings (SSSR count). The molecule has 2 aromatic carbocycles. The summed E-state index contributed by atoms with van der Waals surface area (Å²) in [6.45, 7) is 3.39. The molecule has 0 atom stereocenters. The van der Waals surface area contributed by atoms with Crippen molar-refractivity contribution in [2.75, 3.05) is 42.7 Å². The molecule has 14 heteroatoms. The number of fused-ring (bicyclic) bond motifs is 1. The molecular formula is C25H23F4N7O3. The van der Waals surface area contributed by atoms with E-state index in [1.165, 1.54) is 18.5 Å². The lowest BCUT2D eigenvalue weighted by Crippen LogP contribution is -2.36. The van der Waals surface area contributed by atoms with Gasteiger partial charge in [0.15, 0.2) is 5.82 Å². The molecule has 1 fully saturated rings. The third-order valence-electron chi connectivity index (χ3n) is 6.23. The second-order valence-corrected chi connectivity index (χ2v) is 8.85. The molecule has 0 saturated carbocycles. The number of hydrogen-bond acceptors (Lipinski definition) is 7. The van der Waals surface area contributed by atoms with Gasteiger partial charge in [-0.05, 0) is 42.0 Å². The Kier molecular flexibility index (Phi) is 6.97. The Labute approximate surface area is 219 Å². The maximum absolute atomic E-state index is 13.5. The number of morpholine rings is 1. The molecule has 1 saturated heterocycles. The van der Waals surface area contributed by atoms with Crippen LogP contribution < -0.4 is 16.4 Å². The summed E-state index contributed by atoms with van der Waals surface area (Å²) in [6, 6.07) is 7.53. The summed E-state index contributed by atoms with van der Waals surface area (Å²) >= 11 is 0. The van der Waals surface area contributed by atoms with Crippen LogP contribution in [0.15, 0.2) is 48.8 Å². The molecule has 204 valence electrons. The van der Waals surface area contributed by atoms with Gasteiger partial charge < -0.3 is 26.2 Å². The van der Waals surface area contributed by atoms with Crippen molar-refractivity contribution in [2.24, 2.45) is 0 Å². The largest absolute Gasteiger partial charge is 0.506 e. The third kappa shape index (κ3) is 5.56. The molecule has 0 unspecified atom stereocenters. The number of ether oxygens (including phenoxy) is 1. The number of rotatable bonds is 5. The fraction of sp³-hybridized carbons (Fsp3) is 0.240. The number of nitrogens with two attached hydrogens (primary N) is 1. The van der Waals surface area contributed by atoms with E-state index in [0.717, 1.165) is 24.8 Å². The Bertz CT molecular complexity index is 1530. The number of amides is 2. The van der Waals surface area contributed by atoms with Gasteiger partial charge in [-0.25, -0.2) is 18.7 Å². The van der Waals surface area contributed by atoms with E-state index >= 15 is 0 Å². The first-order valence-corrected chi connectivity index (χ1v) is 11.8. The van der Waals surface area contributed by atoms with Crippen LogP contribution in [0, 0.1) is 5.82 Å². The lowest BCUT2D eigenvalue weighted by molar-refractivity contribution is -0.139. The van der Waals surface area contributed by atoms with E-state index in [0.29, 0.717) is 48.5 Å². The zero-order valence-corrected chi connectivity index (χ0v) is 20.3. The van der Waals surface area contributed by atoms with Gasteiger partial charge in [0.2, 0.25) is 0 Å². The van der Waals surface area contributed by atoms with Crippen molar-refractivity contribution in [3.8, 4) is 16.9 Å². The fourth-order valence-electron chi connectivity index (χ4n) is 4.36. The van der Waals surface area contributed by atoms with Gasteiger partial charge in [0.05, 0.1) is 30.2 Å². The lowest BCUT2D eigenvalue weighted by atomic mass is 10.1. The SMILES string of the molecule is Nc1ncnn2c(CN3CCOCC3)cc(-c3ccc(NC(=O)Nc4ccc(F)c(C(F)(F)F)c4)c(O)c3)c12. The molecule has 2 aromatic heterocycles. The van der Waals surface area contributed by atoms with E-state index in [-0.39, 0.29) is 22.9 Å². The number of anilines is 3. The number of carbonyl (C=O) groups is 1. The van der Waals surface area contributed by atoms with Gasteiger partial charge in [-0.3, -0.25) is 4.90 Å². The van der Waals surface area contributed by atoms with Crippen molar-refractivity contribution in [1.82, 2.24) is 19.5 Å². The highest BCUT2D eigenvalue weighted by molar-refractivity contribution is 6.01. The van der Waals surface area contributed by atoms with Gasteiger partial charge in [0, 0.05) is 30.9 Å². The summed E-state index contributed by atoms with van der Waals surface area (Å²) in [5.74, 6) is -1.52. The second-order valence-electron chi connectivity index (χ2n) is 8.85. The number of hydrogen-bond donors (Lipinski definition) is 4. The third-order valence-corrected chi connectivity index (χ3v) is 6.23. The van der Waals surface area contributed by atoms with Crippen molar-refractivity contribution in [2.45, 2.75) is 12.7 Å². The van der Waals surface area contributed by atoms with Gasteiger partial charge >= 0.3 is 12.2 Å². The highest BCUT2D eigenvalue weighted by Gasteiger charge is 2.34. The Hall–Kier alpha value is -4.43. The second kappa shape index (κ2) is 10.4. The summed E-state index contributed by atoms with van der Waals surface area (Å²) in [5, 5.41) is 19.5. The Morgan fingerprint density at radius 1 is 1.10 bits per heavy atom. The van der Waals surface area contributed by atoms with Crippen LogP contribution in [0.25, 0.3) is 16.6 Å². The summed E-state index contributed by atoms with van der Waals surface area (Å²) < 4.78 is 59.5. The first-order valence-electron chi connectivity index (χ1n) is 11.8. The van der Waals surface area contributed by atoms with Crippen LogP contribution in [-0.2, 0) is 17.5 Å². The average Bonchev–Trinajstić information content (AvgIpc) is 3.26. The van der Waals surface area contributed by atoms with Gasteiger partial charge in [0.1, 0.15) is 23.4 Å². The van der Waals surface area contributed by atoms with Crippen molar-refractivity contribution >= 4 is 28.7 Å². The number of urea groups is 1. The highest BCUT2D eigenvalue weighted by Crippen LogP contribution is 2.36. The maximum Gasteiger partial charge on any atom is 0.419 e. The van der Waals surface area contributed by atoms with Crippen LogP contribution in [0.2, 0.25) is 0 Å². The number of nitrogens with zero attached hydrogens (tertiary/aromatic N) is 4. The van der Waals surface area contributed by atoms with Crippen LogP contribution in [0.4, 0.5) is 39.5 Å². The molecule has 39 heavy (non-hydrogen) atoms. The number of benzene rings is 2. The van der Waals surface area contributed by atoms with Gasteiger partial charge in [-0.2, -0.15) is 18.3 Å². The fourth-order valence-corrected chi connectivity index (χ4v) is 4.36. The zero-order chi connectivity index (χ0) is 27.7. The first kappa shape index (κ1) is 26.2. The van der Waals surface area contributed by atoms with Crippen LogP contribution in [0.3, 0.4) is 0 Å². The number of alkyl halides is 3. The predicted molar refractivity (Wildman–Crippen MR) is 135 cm³/mol. The van der Waals surface area contributed by atoms with E-state index < -0.39 is 23.6 Å². The van der Waals surface area contributed by atoms with Crippen molar-refractivity contribution in [1.29, 1.82) is 0 Å². The van der Waals surface area contributed by atoms with Crippen LogP contribution in [0.1, 0.15) is 11.3 Å². The van der Waals surface area contributed by atoms with E-state index in [9.17, 15) is 27.5 Å². The number of nitrogens with one attached hydrogen (secondary N) is 2. The van der Waals surface area contributed by atoms with Gasteiger partial charge in [-0.1, -0.05) is 6.07 Å². The van der Waals surface area contributed by atoms with E-state index in [1.54, 1.807) is 10.6 Å². The van der Waals surface area contributed by atoms with E-state index in [4.69, 9.17) is 10.5 Å². The quantitative estimate of drug-likeness (QED) is 0.217. The number of phenolic OH excluding ortho intramolecular Hbond substituents is 1. The van der Waals surface area contributed by atoms with Crippen LogP contribution in [0.5, 0.6) is 5.75 Å². The molecule has 10 nitrogen and oxygen atoms in total. The van der Waals surface area contributed by atoms with E-state index in [2.05, 4.69) is 25.6 Å². The smallest absolute Gasteiger partial charge is 0.419 e. The monoisotopic (exact) mass is 545 g/mol. The molecular weight excluding hydrogens is 522 g/mol. The minimum absolute atomic E-state index is 0.00400. The molecule has 0 radical (unpaired) electrons. The molecule has 0 spiro atoms. The highest BCUT2D eigenvalue weighted by atomic mass is 19.4. The Morgan fingerprint density at radius 3 is 2.59 bits per heavy atom. The van der Waals surface area contributed by atoms with Crippen molar-refractivity contribution < 1.29 is 32.2 Å². The summed E-state index contributed by atoms with van der Waals surface area (Å²) in [4.78, 5) is 18.7. The number of halogens is 4. The van der Waals surface area contributed by atoms with Crippen LogP contribution in [-0.4, -0.2) is 56.9 Å². The number of carbonyl (C=O) groups excluding carboxylic acids is 1. The average molecular weight is 545 g/mol. The number of aromatic hydroxyl groups is 1. The van der Waals surface area contributed by atoms with Crippen molar-refractivity contribution in [3.05, 3.63) is 65.9 Å². The summed E-state index contributed by atoms with van der Waals surface area (Å²) in [5.41, 5.74) is 7.01. The molecule has 5 N–H and O–H groups in total. The molecule has 3 heterocycles. The van der Waals surface area contributed by atoms with E-state index in [1.807, 2.05) is 6.07 Å². The lowest BCUT2D eigenvalue weighted by Gasteiger charge is -2.26. The Morgan fingerprint density at radius 2 is 1.87 bits per heavy atom. The minimum atomic E-state index is -4.92. The number of nitrogen functional groups attached to an aromatic ring is 1. The standard InChI is InChI=1S/C25H23F4N7O3/c26-19-3-2-15(10-18(19)25(27,28)29)33-24(38)34-20-4-1-14(9-21(20)37)17-11-16(12-35-5-7-39-8-6-35)36-22(17)23(30)31-13-32-36/h1-4,9-11,13,37H,5-8,12H2,(H2,30,31,32)(H2,33,34,38). The topological polar surface area (TPSA) is 130 Å². The molecule has 4 aromatic rings. The summed E-state index contributed by atoms with van der Waals surface area (Å²) in [6.07, 6.45) is -3.57. The predicted octanol–water partition coefficient (Wildman–Crippen LogP) is 4.32. The van der Waals surface area contributed by atoms with Crippen LogP contribution >= 0.6 is 0 Å². The van der Waals surface area contributed by atoms with Gasteiger partial charge in [0.25, 0.3) is 0 Å². The first-order chi connectivity index (χ1) is 18.6.